The summed E-state index contributed by atoms with van der Waals surface area (Å²) in [6.45, 7) is 0.273. The van der Waals surface area contributed by atoms with Crippen molar-refractivity contribution in [1.82, 2.24) is 19.5 Å². The lowest BCUT2D eigenvalue weighted by Gasteiger charge is -2.18. The van der Waals surface area contributed by atoms with E-state index < -0.39 is 32.3 Å². The highest BCUT2D eigenvalue weighted by molar-refractivity contribution is 7.51. The zero-order valence-corrected chi connectivity index (χ0v) is 15.9. The van der Waals surface area contributed by atoms with Crippen LogP contribution in [0.2, 0.25) is 0 Å². The number of imidazole rings is 1. The number of aromatic nitrogens is 4. The number of aliphatic hydroxyl groups excluding tert-OH is 2. The first kappa shape index (κ1) is 21.0. The molecule has 0 aromatic carbocycles. The van der Waals surface area contributed by atoms with Gasteiger partial charge in [-0.25, -0.2) is 25.0 Å². The second-order valence-corrected chi connectivity index (χ2v) is 7.89. The Morgan fingerprint density at radius 3 is 2.75 bits per heavy atom. The van der Waals surface area contributed by atoms with E-state index >= 15 is 0 Å². The van der Waals surface area contributed by atoms with Crippen LogP contribution in [0.4, 0.5) is 5.82 Å². The smallest absolute Gasteiger partial charge is 0.387 e. The van der Waals surface area contributed by atoms with E-state index in [4.69, 9.17) is 30.8 Å². The van der Waals surface area contributed by atoms with Crippen LogP contribution in [0.5, 0.6) is 0 Å². The SMILES string of the molecule is NCCCCOP(N)(=O)OC[C@H]1O[C@@H](n2cnc3c(N)ncnc32)[C@H](O)[C@@H]1O. The predicted octanol–water partition coefficient (Wildman–Crippen LogP) is -1.13. The minimum Gasteiger partial charge on any atom is -0.387 e. The van der Waals surface area contributed by atoms with Gasteiger partial charge in [0, 0.05) is 0 Å². The molecule has 156 valence electrons. The van der Waals surface area contributed by atoms with Crippen molar-refractivity contribution in [3.63, 3.8) is 0 Å². The van der Waals surface area contributed by atoms with Crippen molar-refractivity contribution < 1.29 is 28.6 Å². The molecule has 0 radical (unpaired) electrons. The summed E-state index contributed by atoms with van der Waals surface area (Å²) in [6, 6.07) is 0. The van der Waals surface area contributed by atoms with Crippen LogP contribution < -0.4 is 17.0 Å². The van der Waals surface area contributed by atoms with E-state index in [-0.39, 0.29) is 19.0 Å². The standard InChI is InChI=1S/C14H24N7O6P/c15-3-1-2-4-25-28(17,24)26-5-8-10(22)11(23)14(27-8)21-7-20-9-12(16)18-6-19-13(9)21/h6-8,10-11,14,22-23H,1-5,15H2,(H2,17,24)(H2,16,18,19)/t8-,10-,11-,14-,28?/m1/s1. The first-order valence-electron chi connectivity index (χ1n) is 8.66. The van der Waals surface area contributed by atoms with Gasteiger partial charge in [0.2, 0.25) is 0 Å². The van der Waals surface area contributed by atoms with Crippen molar-refractivity contribution in [3.05, 3.63) is 12.7 Å². The van der Waals surface area contributed by atoms with Crippen molar-refractivity contribution in [2.24, 2.45) is 11.2 Å². The van der Waals surface area contributed by atoms with E-state index in [0.717, 1.165) is 0 Å². The molecule has 0 amide bonds. The van der Waals surface area contributed by atoms with Crippen LogP contribution in [0.3, 0.4) is 0 Å². The van der Waals surface area contributed by atoms with Crippen LogP contribution in [-0.4, -0.2) is 67.8 Å². The number of nitrogen functional groups attached to an aromatic ring is 1. The molecule has 0 aliphatic carbocycles. The fourth-order valence-electron chi connectivity index (χ4n) is 2.81. The Balaban J connectivity index is 1.64. The zero-order chi connectivity index (χ0) is 20.3. The summed E-state index contributed by atoms with van der Waals surface area (Å²) < 4.78 is 29.3. The molecule has 28 heavy (non-hydrogen) atoms. The first-order chi connectivity index (χ1) is 13.3. The molecular formula is C14H24N7O6P. The van der Waals surface area contributed by atoms with E-state index in [0.29, 0.717) is 30.6 Å². The molecule has 13 nitrogen and oxygen atoms in total. The molecule has 14 heteroatoms. The number of nitrogens with zero attached hydrogens (tertiary/aromatic N) is 4. The highest BCUT2D eigenvalue weighted by atomic mass is 31.2. The van der Waals surface area contributed by atoms with Crippen molar-refractivity contribution in [2.75, 3.05) is 25.5 Å². The predicted molar refractivity (Wildman–Crippen MR) is 97.6 cm³/mol. The van der Waals surface area contributed by atoms with Crippen molar-refractivity contribution in [1.29, 1.82) is 0 Å². The van der Waals surface area contributed by atoms with Gasteiger partial charge in [0.25, 0.3) is 0 Å². The third-order valence-corrected chi connectivity index (χ3v) is 5.34. The normalized spacial score (nSPS) is 27.3. The van der Waals surface area contributed by atoms with Crippen molar-refractivity contribution in [3.8, 4) is 0 Å². The van der Waals surface area contributed by atoms with Crippen molar-refractivity contribution >= 4 is 24.7 Å². The van der Waals surface area contributed by atoms with Gasteiger partial charge < -0.3 is 26.4 Å². The Hall–Kier alpha value is -1.70. The Labute approximate surface area is 160 Å². The number of nitrogens with two attached hydrogens (primary N) is 3. The fourth-order valence-corrected chi connectivity index (χ4v) is 3.62. The summed E-state index contributed by atoms with van der Waals surface area (Å²) in [4.78, 5) is 12.0. The molecule has 0 saturated carbocycles. The van der Waals surface area contributed by atoms with Gasteiger partial charge in [0.15, 0.2) is 17.7 Å². The van der Waals surface area contributed by atoms with Crippen LogP contribution in [0.15, 0.2) is 12.7 Å². The Morgan fingerprint density at radius 2 is 2.00 bits per heavy atom. The van der Waals surface area contributed by atoms with Gasteiger partial charge in [-0.2, -0.15) is 0 Å². The quantitative estimate of drug-likeness (QED) is 0.242. The van der Waals surface area contributed by atoms with E-state index in [9.17, 15) is 14.8 Å². The van der Waals surface area contributed by atoms with E-state index in [2.05, 4.69) is 15.0 Å². The van der Waals surface area contributed by atoms with E-state index in [1.807, 2.05) is 0 Å². The number of aliphatic hydroxyl groups is 2. The monoisotopic (exact) mass is 417 g/mol. The molecular weight excluding hydrogens is 393 g/mol. The Kier molecular flexibility index (Phi) is 6.58. The summed E-state index contributed by atoms with van der Waals surface area (Å²) in [5.74, 6) is 0.174. The maximum atomic E-state index is 12.1. The van der Waals surface area contributed by atoms with Crippen LogP contribution >= 0.6 is 7.75 Å². The van der Waals surface area contributed by atoms with E-state index in [1.54, 1.807) is 0 Å². The molecule has 5 atom stereocenters. The second kappa shape index (κ2) is 8.76. The summed E-state index contributed by atoms with van der Waals surface area (Å²) in [5.41, 5.74) is 17.3. The van der Waals surface area contributed by atoms with Gasteiger partial charge in [-0.3, -0.25) is 13.6 Å². The zero-order valence-electron chi connectivity index (χ0n) is 15.0. The molecule has 3 heterocycles. The van der Waals surface area contributed by atoms with Gasteiger partial charge in [0.1, 0.15) is 30.2 Å². The topological polar surface area (TPSA) is 207 Å². The van der Waals surface area contributed by atoms with Crippen LogP contribution in [0.1, 0.15) is 19.1 Å². The molecule has 0 bridgehead atoms. The fraction of sp³-hybridized carbons (Fsp3) is 0.643. The lowest BCUT2D eigenvalue weighted by atomic mass is 10.1. The van der Waals surface area contributed by atoms with E-state index in [1.165, 1.54) is 17.2 Å². The van der Waals surface area contributed by atoms with Gasteiger partial charge in [-0.05, 0) is 19.4 Å². The average molecular weight is 417 g/mol. The van der Waals surface area contributed by atoms with Crippen LogP contribution in [0.25, 0.3) is 11.2 Å². The number of hydrogen-bond acceptors (Lipinski definition) is 11. The second-order valence-electron chi connectivity index (χ2n) is 6.29. The van der Waals surface area contributed by atoms with Gasteiger partial charge in [0.05, 0.1) is 19.5 Å². The minimum atomic E-state index is -3.83. The number of fused-ring (bicyclic) bond motifs is 1. The third kappa shape index (κ3) is 4.47. The summed E-state index contributed by atoms with van der Waals surface area (Å²) in [5, 5.41) is 20.6. The first-order valence-corrected chi connectivity index (χ1v) is 10.3. The molecule has 3 rings (SSSR count). The summed E-state index contributed by atoms with van der Waals surface area (Å²) in [6.07, 6.45) is -0.737. The van der Waals surface area contributed by atoms with Crippen LogP contribution in [0, 0.1) is 0 Å². The molecule has 1 saturated heterocycles. The molecule has 2 aromatic heterocycles. The number of ether oxygens (including phenoxy) is 1. The molecule has 1 fully saturated rings. The summed E-state index contributed by atoms with van der Waals surface area (Å²) >= 11 is 0. The van der Waals surface area contributed by atoms with Crippen molar-refractivity contribution in [2.45, 2.75) is 37.4 Å². The summed E-state index contributed by atoms with van der Waals surface area (Å²) in [7, 11) is -3.83. The van der Waals surface area contributed by atoms with Gasteiger partial charge >= 0.3 is 7.75 Å². The maximum absolute atomic E-state index is 12.1. The average Bonchev–Trinajstić information content (AvgIpc) is 3.20. The Bertz CT molecular complexity index is 851. The van der Waals surface area contributed by atoms with Crippen LogP contribution in [-0.2, 0) is 18.3 Å². The number of rotatable bonds is 9. The Morgan fingerprint density at radius 1 is 1.21 bits per heavy atom. The molecule has 1 aliphatic heterocycles. The van der Waals surface area contributed by atoms with Gasteiger partial charge in [-0.15, -0.1) is 0 Å². The molecule has 1 unspecified atom stereocenters. The third-order valence-electron chi connectivity index (χ3n) is 4.29. The highest BCUT2D eigenvalue weighted by Gasteiger charge is 2.45. The molecule has 8 N–H and O–H groups in total. The minimum absolute atomic E-state index is 0.131. The number of hydrogen-bond donors (Lipinski definition) is 5. The lowest BCUT2D eigenvalue weighted by molar-refractivity contribution is -0.0491. The molecule has 1 aliphatic rings. The largest absolute Gasteiger partial charge is 0.402 e. The lowest BCUT2D eigenvalue weighted by Crippen LogP contribution is -2.34. The van der Waals surface area contributed by atoms with Gasteiger partial charge in [-0.1, -0.05) is 0 Å². The molecule has 2 aromatic rings. The number of unbranched alkanes of at least 4 members (excludes halogenated alkanes) is 1. The highest BCUT2D eigenvalue weighted by Crippen LogP contribution is 2.41. The maximum Gasteiger partial charge on any atom is 0.402 e. The molecule has 0 spiro atoms. The number of anilines is 1.